The van der Waals surface area contributed by atoms with E-state index in [0.29, 0.717) is 18.0 Å². The summed E-state index contributed by atoms with van der Waals surface area (Å²) in [6.07, 6.45) is 1.58. The van der Waals surface area contributed by atoms with Crippen LogP contribution in [0.4, 0.5) is 0 Å². The number of aromatic amines is 1. The minimum absolute atomic E-state index is 0.345. The number of amides is 1. The fourth-order valence-corrected chi connectivity index (χ4v) is 2.93. The fraction of sp³-hybridized carbons (Fsp3) is 0.0800. The van der Waals surface area contributed by atoms with E-state index >= 15 is 0 Å². The molecule has 0 spiro atoms. The Labute approximate surface area is 180 Å². The molecule has 0 fully saturated rings. The zero-order chi connectivity index (χ0) is 21.5. The Morgan fingerprint density at radius 2 is 1.77 bits per heavy atom. The van der Waals surface area contributed by atoms with E-state index in [1.54, 1.807) is 12.3 Å². The number of hydrazone groups is 1. The van der Waals surface area contributed by atoms with Gasteiger partial charge in [0.1, 0.15) is 18.1 Å². The summed E-state index contributed by atoms with van der Waals surface area (Å²) in [6.45, 7) is 2.54. The van der Waals surface area contributed by atoms with E-state index < -0.39 is 0 Å². The quantitative estimate of drug-likeness (QED) is 0.342. The molecule has 31 heavy (non-hydrogen) atoms. The van der Waals surface area contributed by atoms with Crippen molar-refractivity contribution in [3.8, 4) is 17.0 Å². The Morgan fingerprint density at radius 1 is 1.03 bits per heavy atom. The number of aromatic nitrogens is 2. The first-order valence-corrected chi connectivity index (χ1v) is 9.90. The molecule has 4 rings (SSSR count). The van der Waals surface area contributed by atoms with Crippen LogP contribution in [0.25, 0.3) is 11.3 Å². The van der Waals surface area contributed by atoms with Gasteiger partial charge in [-0.15, -0.1) is 0 Å². The predicted octanol–water partition coefficient (Wildman–Crippen LogP) is 4.73. The Morgan fingerprint density at radius 3 is 2.52 bits per heavy atom. The van der Waals surface area contributed by atoms with Gasteiger partial charge in [-0.25, -0.2) is 5.43 Å². The van der Waals surface area contributed by atoms with Gasteiger partial charge in [-0.2, -0.15) is 10.2 Å². The van der Waals surface area contributed by atoms with Crippen LogP contribution < -0.4 is 10.2 Å². The van der Waals surface area contributed by atoms with Gasteiger partial charge in [0.2, 0.25) is 0 Å². The van der Waals surface area contributed by atoms with Crippen molar-refractivity contribution in [3.63, 3.8) is 0 Å². The first-order valence-electron chi connectivity index (χ1n) is 9.90. The summed E-state index contributed by atoms with van der Waals surface area (Å²) >= 11 is 0. The van der Waals surface area contributed by atoms with Crippen molar-refractivity contribution < 1.29 is 9.53 Å². The third-order valence-electron chi connectivity index (χ3n) is 4.68. The van der Waals surface area contributed by atoms with E-state index in [-0.39, 0.29) is 5.91 Å². The number of rotatable bonds is 7. The summed E-state index contributed by atoms with van der Waals surface area (Å²) < 4.78 is 5.77. The molecule has 1 aromatic heterocycles. The predicted molar refractivity (Wildman–Crippen MR) is 121 cm³/mol. The van der Waals surface area contributed by atoms with Crippen LogP contribution in [-0.4, -0.2) is 22.3 Å². The maximum absolute atomic E-state index is 12.3. The van der Waals surface area contributed by atoms with Crippen molar-refractivity contribution in [1.82, 2.24) is 15.6 Å². The van der Waals surface area contributed by atoms with Crippen LogP contribution in [0, 0.1) is 6.92 Å². The molecule has 4 aromatic rings. The summed E-state index contributed by atoms with van der Waals surface area (Å²) in [5.74, 6) is 0.413. The maximum atomic E-state index is 12.3. The van der Waals surface area contributed by atoms with Crippen LogP contribution >= 0.6 is 0 Å². The second kappa shape index (κ2) is 9.54. The lowest BCUT2D eigenvalue weighted by Crippen LogP contribution is -2.17. The molecular weight excluding hydrogens is 388 g/mol. The standard InChI is InChI=1S/C25H22N4O2/c1-18-7-11-21(12-8-18)23-15-24(28-27-23)25(30)29-26-16-19-9-13-22(14-10-19)31-17-20-5-3-2-4-6-20/h2-16H,17H2,1H3,(H,27,28)(H,29,30). The highest BCUT2D eigenvalue weighted by Gasteiger charge is 2.10. The highest BCUT2D eigenvalue weighted by molar-refractivity contribution is 5.94. The van der Waals surface area contributed by atoms with Crippen LogP contribution in [0.3, 0.4) is 0 Å². The molecule has 1 heterocycles. The zero-order valence-electron chi connectivity index (χ0n) is 17.1. The third-order valence-corrected chi connectivity index (χ3v) is 4.68. The van der Waals surface area contributed by atoms with Crippen molar-refractivity contribution in [1.29, 1.82) is 0 Å². The molecule has 0 saturated carbocycles. The molecule has 154 valence electrons. The van der Waals surface area contributed by atoms with Crippen LogP contribution in [-0.2, 0) is 6.61 Å². The lowest BCUT2D eigenvalue weighted by molar-refractivity contribution is 0.0950. The number of nitrogens with zero attached hydrogens (tertiary/aromatic N) is 2. The van der Waals surface area contributed by atoms with Gasteiger partial charge >= 0.3 is 0 Å². The second-order valence-electron chi connectivity index (χ2n) is 7.08. The van der Waals surface area contributed by atoms with Crippen molar-refractivity contribution in [2.24, 2.45) is 5.10 Å². The molecular formula is C25H22N4O2. The zero-order valence-corrected chi connectivity index (χ0v) is 17.1. The number of hydrogen-bond acceptors (Lipinski definition) is 4. The number of carbonyl (C=O) groups is 1. The lowest BCUT2D eigenvalue weighted by atomic mass is 10.1. The highest BCUT2D eigenvalue weighted by Crippen LogP contribution is 2.18. The summed E-state index contributed by atoms with van der Waals surface area (Å²) in [6, 6.07) is 27.1. The van der Waals surface area contributed by atoms with E-state index in [9.17, 15) is 4.79 Å². The fourth-order valence-electron chi connectivity index (χ4n) is 2.93. The Hall–Kier alpha value is -4.19. The number of carbonyl (C=O) groups excluding carboxylic acids is 1. The Kier molecular flexibility index (Phi) is 6.18. The van der Waals surface area contributed by atoms with Crippen molar-refractivity contribution in [2.45, 2.75) is 13.5 Å². The van der Waals surface area contributed by atoms with Crippen LogP contribution in [0.15, 0.2) is 90.0 Å². The topological polar surface area (TPSA) is 79.4 Å². The van der Waals surface area contributed by atoms with E-state index in [4.69, 9.17) is 4.74 Å². The molecule has 2 N–H and O–H groups in total. The molecule has 0 radical (unpaired) electrons. The molecule has 6 heteroatoms. The Bertz CT molecular complexity index is 1160. The highest BCUT2D eigenvalue weighted by atomic mass is 16.5. The van der Waals surface area contributed by atoms with Crippen LogP contribution in [0.2, 0.25) is 0 Å². The molecule has 0 aliphatic heterocycles. The van der Waals surface area contributed by atoms with E-state index in [0.717, 1.165) is 22.4 Å². The smallest absolute Gasteiger partial charge is 0.289 e. The minimum Gasteiger partial charge on any atom is -0.489 e. The average Bonchev–Trinajstić information content (AvgIpc) is 3.30. The first-order chi connectivity index (χ1) is 15.2. The molecule has 0 saturated heterocycles. The number of nitrogens with one attached hydrogen (secondary N) is 2. The normalized spacial score (nSPS) is 10.9. The van der Waals surface area contributed by atoms with Gasteiger partial charge in [0.05, 0.1) is 11.9 Å². The molecule has 3 aromatic carbocycles. The minimum atomic E-state index is -0.357. The number of H-pyrrole nitrogens is 1. The number of hydrogen-bond donors (Lipinski definition) is 2. The van der Waals surface area contributed by atoms with Gasteiger partial charge < -0.3 is 4.74 Å². The first kappa shape index (κ1) is 20.1. The van der Waals surface area contributed by atoms with E-state index in [1.165, 1.54) is 5.56 Å². The molecule has 0 bridgehead atoms. The van der Waals surface area contributed by atoms with Crippen LogP contribution in [0.1, 0.15) is 27.2 Å². The number of benzene rings is 3. The molecule has 0 aliphatic carbocycles. The van der Waals surface area contributed by atoms with Crippen LogP contribution in [0.5, 0.6) is 5.75 Å². The van der Waals surface area contributed by atoms with E-state index in [2.05, 4.69) is 20.7 Å². The largest absolute Gasteiger partial charge is 0.489 e. The molecule has 0 atom stereocenters. The van der Waals surface area contributed by atoms with Gasteiger partial charge in [0.25, 0.3) is 5.91 Å². The Balaban J connectivity index is 1.30. The summed E-state index contributed by atoms with van der Waals surface area (Å²) in [5.41, 5.74) is 7.63. The SMILES string of the molecule is Cc1ccc(-c2cc(C(=O)NN=Cc3ccc(OCc4ccccc4)cc3)[nH]n2)cc1. The lowest BCUT2D eigenvalue weighted by Gasteiger charge is -2.06. The molecule has 0 aliphatic rings. The monoisotopic (exact) mass is 410 g/mol. The van der Waals surface area contributed by atoms with Gasteiger partial charge in [0.15, 0.2) is 0 Å². The third kappa shape index (κ3) is 5.45. The van der Waals surface area contributed by atoms with Crippen molar-refractivity contribution >= 4 is 12.1 Å². The van der Waals surface area contributed by atoms with Crippen molar-refractivity contribution in [2.75, 3.05) is 0 Å². The van der Waals surface area contributed by atoms with Crippen molar-refractivity contribution in [3.05, 3.63) is 107 Å². The maximum Gasteiger partial charge on any atom is 0.289 e. The second-order valence-corrected chi connectivity index (χ2v) is 7.08. The summed E-state index contributed by atoms with van der Waals surface area (Å²) in [4.78, 5) is 12.3. The molecule has 6 nitrogen and oxygen atoms in total. The summed E-state index contributed by atoms with van der Waals surface area (Å²) in [5, 5.41) is 11.0. The number of aryl methyl sites for hydroxylation is 1. The number of ether oxygens (including phenoxy) is 1. The van der Waals surface area contributed by atoms with Gasteiger partial charge in [-0.1, -0.05) is 60.2 Å². The van der Waals surface area contributed by atoms with E-state index in [1.807, 2.05) is 85.8 Å². The van der Waals surface area contributed by atoms with Gasteiger partial charge in [-0.3, -0.25) is 9.89 Å². The molecule has 0 unspecified atom stereocenters. The van der Waals surface area contributed by atoms with Gasteiger partial charge in [0, 0.05) is 5.56 Å². The summed E-state index contributed by atoms with van der Waals surface area (Å²) in [7, 11) is 0. The average molecular weight is 410 g/mol. The molecule has 1 amide bonds. The van der Waals surface area contributed by atoms with Gasteiger partial charge in [-0.05, 0) is 48.4 Å².